The molecular weight excluding hydrogens is 486 g/mol. The fourth-order valence-electron chi connectivity index (χ4n) is 13.8. The molecular formula is C37H55N3. The van der Waals surface area contributed by atoms with Gasteiger partial charge in [-0.05, 0) is 150 Å². The second kappa shape index (κ2) is 9.63. The SMILES string of the molecule is c1cnc(N(C2CCCCC2)C23CC4CC(CC(C4)C2)C3)c(N(C2CCCCC2)C23CC4CC(CC(C4)C2)C3)c1. The van der Waals surface area contributed by atoms with Crippen LogP contribution in [0.4, 0.5) is 11.5 Å². The summed E-state index contributed by atoms with van der Waals surface area (Å²) in [5.41, 5.74) is 2.39. The Bertz CT molecular complexity index is 925. The maximum Gasteiger partial charge on any atom is 0.152 e. The quantitative estimate of drug-likeness (QED) is 0.358. The Kier molecular flexibility index (Phi) is 6.08. The Morgan fingerprint density at radius 1 is 0.525 bits per heavy atom. The molecule has 0 radical (unpaired) electrons. The molecule has 0 aromatic carbocycles. The van der Waals surface area contributed by atoms with Crippen molar-refractivity contribution in [3.63, 3.8) is 0 Å². The average Bonchev–Trinajstić information content (AvgIpc) is 2.94. The lowest BCUT2D eigenvalue weighted by Crippen LogP contribution is -2.65. The van der Waals surface area contributed by atoms with Crippen LogP contribution in [0.1, 0.15) is 141 Å². The van der Waals surface area contributed by atoms with Crippen molar-refractivity contribution in [3.05, 3.63) is 18.3 Å². The van der Waals surface area contributed by atoms with Crippen molar-refractivity contribution in [2.75, 3.05) is 9.80 Å². The van der Waals surface area contributed by atoms with E-state index in [1.54, 1.807) is 5.69 Å². The van der Waals surface area contributed by atoms with Gasteiger partial charge in [0.25, 0.3) is 0 Å². The van der Waals surface area contributed by atoms with E-state index in [0.29, 0.717) is 17.1 Å². The van der Waals surface area contributed by atoms with Crippen LogP contribution in [0.15, 0.2) is 18.3 Å². The summed E-state index contributed by atoms with van der Waals surface area (Å²) in [4.78, 5) is 11.8. The van der Waals surface area contributed by atoms with Crippen LogP contribution < -0.4 is 9.80 Å². The van der Waals surface area contributed by atoms with Crippen molar-refractivity contribution in [2.45, 2.75) is 164 Å². The van der Waals surface area contributed by atoms with E-state index >= 15 is 0 Å². The molecule has 218 valence electrons. The first kappa shape index (κ1) is 25.3. The molecule has 0 unspecified atom stereocenters. The highest BCUT2D eigenvalue weighted by molar-refractivity contribution is 5.71. The molecule has 40 heavy (non-hydrogen) atoms. The fourth-order valence-corrected chi connectivity index (χ4v) is 13.8. The topological polar surface area (TPSA) is 19.4 Å². The van der Waals surface area contributed by atoms with E-state index in [4.69, 9.17) is 4.98 Å². The third-order valence-corrected chi connectivity index (χ3v) is 14.2. The van der Waals surface area contributed by atoms with Gasteiger partial charge < -0.3 is 9.80 Å². The average molecular weight is 542 g/mol. The predicted molar refractivity (Wildman–Crippen MR) is 165 cm³/mol. The summed E-state index contributed by atoms with van der Waals surface area (Å²) < 4.78 is 0. The normalized spacial score (nSPS) is 44.3. The van der Waals surface area contributed by atoms with E-state index in [1.165, 1.54) is 147 Å². The first-order chi connectivity index (χ1) is 19.7. The highest BCUT2D eigenvalue weighted by atomic mass is 15.3. The summed E-state index contributed by atoms with van der Waals surface area (Å²) in [7, 11) is 0. The predicted octanol–water partition coefficient (Wildman–Crippen LogP) is 9.30. The standard InChI is InChI=1S/C37H55N3/c1-3-8-32(9-4-1)39(36-20-26-14-27(21-36)16-28(15-26)22-36)34-12-7-13-38-35(34)40(33-10-5-2-6-11-33)37-23-29-17-30(24-37)19-31(18-29)25-37/h7,12-13,26-33H,1-6,8-11,14-25H2. The largest absolute Gasteiger partial charge is 0.360 e. The van der Waals surface area contributed by atoms with E-state index in [1.807, 2.05) is 0 Å². The van der Waals surface area contributed by atoms with Gasteiger partial charge in [-0.1, -0.05) is 38.5 Å². The van der Waals surface area contributed by atoms with Crippen molar-refractivity contribution in [3.8, 4) is 0 Å². The Morgan fingerprint density at radius 3 is 1.38 bits per heavy atom. The van der Waals surface area contributed by atoms with Crippen molar-refractivity contribution in [1.29, 1.82) is 0 Å². The summed E-state index contributed by atoms with van der Waals surface area (Å²) in [6.45, 7) is 0. The van der Waals surface area contributed by atoms with Gasteiger partial charge in [0, 0.05) is 29.4 Å². The number of anilines is 2. The zero-order valence-corrected chi connectivity index (χ0v) is 25.2. The lowest BCUT2D eigenvalue weighted by Gasteiger charge is -2.65. The molecule has 1 aromatic rings. The molecule has 0 atom stereocenters. The first-order valence-corrected chi connectivity index (χ1v) is 18.2. The number of hydrogen-bond donors (Lipinski definition) is 0. The van der Waals surface area contributed by atoms with Crippen molar-refractivity contribution < 1.29 is 0 Å². The summed E-state index contributed by atoms with van der Waals surface area (Å²) in [6.07, 6.45) is 34.5. The van der Waals surface area contributed by atoms with Gasteiger partial charge in [-0.25, -0.2) is 4.98 Å². The van der Waals surface area contributed by atoms with Crippen LogP contribution >= 0.6 is 0 Å². The molecule has 3 nitrogen and oxygen atoms in total. The van der Waals surface area contributed by atoms with E-state index in [0.717, 1.165) is 41.5 Å². The zero-order valence-electron chi connectivity index (χ0n) is 25.2. The number of nitrogens with zero attached hydrogens (tertiary/aromatic N) is 3. The molecule has 10 fully saturated rings. The van der Waals surface area contributed by atoms with Gasteiger partial charge in [-0.3, -0.25) is 0 Å². The van der Waals surface area contributed by atoms with Gasteiger partial charge in [0.15, 0.2) is 5.82 Å². The maximum atomic E-state index is 5.54. The smallest absolute Gasteiger partial charge is 0.152 e. The summed E-state index contributed by atoms with van der Waals surface area (Å²) >= 11 is 0. The van der Waals surface area contributed by atoms with Gasteiger partial charge in [0.05, 0.1) is 5.69 Å². The van der Waals surface area contributed by atoms with Crippen LogP contribution in [0.3, 0.4) is 0 Å². The molecule has 11 rings (SSSR count). The lowest BCUT2D eigenvalue weighted by molar-refractivity contribution is -0.0121. The van der Waals surface area contributed by atoms with Crippen LogP contribution in [0.5, 0.6) is 0 Å². The molecule has 0 N–H and O–H groups in total. The Labute approximate surface area is 244 Å². The molecule has 10 aliphatic rings. The van der Waals surface area contributed by atoms with Gasteiger partial charge >= 0.3 is 0 Å². The third kappa shape index (κ3) is 4.05. The Hall–Kier alpha value is -1.25. The maximum absolute atomic E-state index is 5.54. The molecule has 0 spiro atoms. The minimum absolute atomic E-state index is 0.388. The van der Waals surface area contributed by atoms with Gasteiger partial charge in [0.1, 0.15) is 0 Å². The minimum atomic E-state index is 0.388. The molecule has 1 aromatic heterocycles. The van der Waals surface area contributed by atoms with Crippen LogP contribution in [0.25, 0.3) is 0 Å². The summed E-state index contributed by atoms with van der Waals surface area (Å²) in [5.74, 6) is 7.41. The van der Waals surface area contributed by atoms with Crippen LogP contribution in [0.2, 0.25) is 0 Å². The molecule has 0 saturated heterocycles. The van der Waals surface area contributed by atoms with Crippen LogP contribution in [0, 0.1) is 35.5 Å². The molecule has 1 heterocycles. The van der Waals surface area contributed by atoms with E-state index < -0.39 is 0 Å². The molecule has 0 aliphatic heterocycles. The van der Waals surface area contributed by atoms with Crippen LogP contribution in [-0.4, -0.2) is 28.1 Å². The monoisotopic (exact) mass is 541 g/mol. The lowest BCUT2D eigenvalue weighted by atomic mass is 9.52. The van der Waals surface area contributed by atoms with Gasteiger partial charge in [0.2, 0.25) is 0 Å². The highest BCUT2D eigenvalue weighted by Gasteiger charge is 2.58. The summed E-state index contributed by atoms with van der Waals surface area (Å²) in [5, 5.41) is 0. The number of hydrogen-bond acceptors (Lipinski definition) is 3. The second-order valence-corrected chi connectivity index (χ2v) is 17.0. The minimum Gasteiger partial charge on any atom is -0.360 e. The van der Waals surface area contributed by atoms with Crippen LogP contribution in [-0.2, 0) is 0 Å². The fraction of sp³-hybridized carbons (Fsp3) is 0.865. The molecule has 10 aliphatic carbocycles. The van der Waals surface area contributed by atoms with E-state index in [9.17, 15) is 0 Å². The zero-order chi connectivity index (χ0) is 26.3. The molecule has 3 heteroatoms. The second-order valence-electron chi connectivity index (χ2n) is 17.0. The number of pyridine rings is 1. The van der Waals surface area contributed by atoms with Crippen molar-refractivity contribution in [1.82, 2.24) is 4.98 Å². The number of rotatable bonds is 6. The first-order valence-electron chi connectivity index (χ1n) is 18.2. The Balaban J connectivity index is 1.18. The summed E-state index contributed by atoms with van der Waals surface area (Å²) in [6, 6.07) is 6.36. The highest BCUT2D eigenvalue weighted by Crippen LogP contribution is 2.62. The van der Waals surface area contributed by atoms with E-state index in [2.05, 4.69) is 28.1 Å². The molecule has 8 bridgehead atoms. The third-order valence-electron chi connectivity index (χ3n) is 14.2. The molecule has 10 saturated carbocycles. The van der Waals surface area contributed by atoms with Crippen molar-refractivity contribution in [2.24, 2.45) is 35.5 Å². The van der Waals surface area contributed by atoms with Crippen molar-refractivity contribution >= 4 is 11.5 Å². The van der Waals surface area contributed by atoms with Gasteiger partial charge in [-0.2, -0.15) is 0 Å². The Morgan fingerprint density at radius 2 is 0.925 bits per heavy atom. The molecule has 0 amide bonds. The number of aromatic nitrogens is 1. The van der Waals surface area contributed by atoms with Gasteiger partial charge in [-0.15, -0.1) is 0 Å². The van der Waals surface area contributed by atoms with E-state index in [-0.39, 0.29) is 0 Å².